The van der Waals surface area contributed by atoms with E-state index in [1.165, 1.54) is 24.0 Å². The number of benzene rings is 1. The molecular formula is C19H33N. The van der Waals surface area contributed by atoms with E-state index in [4.69, 9.17) is 0 Å². The van der Waals surface area contributed by atoms with Crippen LogP contribution in [0.2, 0.25) is 0 Å². The molecule has 0 aliphatic rings. The first-order chi connectivity index (χ1) is 9.30. The van der Waals surface area contributed by atoms with Gasteiger partial charge in [0, 0.05) is 6.54 Å². The first-order valence-electron chi connectivity index (χ1n) is 8.11. The zero-order chi connectivity index (χ0) is 15.2. The summed E-state index contributed by atoms with van der Waals surface area (Å²) in [5.41, 5.74) is 3.48. The molecule has 0 fully saturated rings. The van der Waals surface area contributed by atoms with Crippen molar-refractivity contribution in [2.45, 2.75) is 66.2 Å². The minimum Gasteiger partial charge on any atom is -0.316 e. The van der Waals surface area contributed by atoms with Gasteiger partial charge in [0.2, 0.25) is 0 Å². The summed E-state index contributed by atoms with van der Waals surface area (Å²) in [6, 6.07) is 9.22. The molecule has 1 unspecified atom stereocenters. The normalized spacial score (nSPS) is 15.1. The molecule has 1 aromatic rings. The largest absolute Gasteiger partial charge is 0.316 e. The monoisotopic (exact) mass is 275 g/mol. The molecule has 1 nitrogen and oxygen atoms in total. The highest BCUT2D eigenvalue weighted by atomic mass is 14.9. The fraction of sp³-hybridized carbons (Fsp3) is 0.684. The number of nitrogens with one attached hydrogen (secondary N) is 1. The third-order valence-electron chi connectivity index (χ3n) is 4.28. The first-order valence-corrected chi connectivity index (χ1v) is 8.11. The van der Waals surface area contributed by atoms with E-state index >= 15 is 0 Å². The van der Waals surface area contributed by atoms with Crippen LogP contribution in [0.1, 0.15) is 65.5 Å². The van der Waals surface area contributed by atoms with Crippen molar-refractivity contribution in [2.24, 2.45) is 5.41 Å². The van der Waals surface area contributed by atoms with Crippen molar-refractivity contribution < 1.29 is 0 Å². The van der Waals surface area contributed by atoms with Gasteiger partial charge in [-0.25, -0.2) is 0 Å². The minimum absolute atomic E-state index is 0.245. The zero-order valence-electron chi connectivity index (χ0n) is 14.3. The van der Waals surface area contributed by atoms with Crippen LogP contribution in [-0.2, 0) is 11.8 Å². The second kappa shape index (κ2) is 7.26. The molecule has 114 valence electrons. The molecular weight excluding hydrogens is 242 g/mol. The summed E-state index contributed by atoms with van der Waals surface area (Å²) in [7, 11) is 0. The van der Waals surface area contributed by atoms with Gasteiger partial charge in [0.05, 0.1) is 0 Å². The van der Waals surface area contributed by atoms with Crippen molar-refractivity contribution in [1.82, 2.24) is 5.32 Å². The van der Waals surface area contributed by atoms with Gasteiger partial charge in [-0.2, -0.15) is 0 Å². The third-order valence-corrected chi connectivity index (χ3v) is 4.28. The fourth-order valence-corrected chi connectivity index (χ4v) is 2.49. The van der Waals surface area contributed by atoms with Gasteiger partial charge >= 0.3 is 0 Å². The van der Waals surface area contributed by atoms with E-state index in [0.717, 1.165) is 19.5 Å². The van der Waals surface area contributed by atoms with E-state index < -0.39 is 0 Å². The van der Waals surface area contributed by atoms with Gasteiger partial charge in [0.15, 0.2) is 0 Å². The Hall–Kier alpha value is -0.820. The van der Waals surface area contributed by atoms with Gasteiger partial charge in [0.1, 0.15) is 0 Å². The second-order valence-electron chi connectivity index (χ2n) is 7.46. The van der Waals surface area contributed by atoms with Crippen LogP contribution in [0.15, 0.2) is 24.3 Å². The Morgan fingerprint density at radius 3 is 2.00 bits per heavy atom. The van der Waals surface area contributed by atoms with Crippen LogP contribution in [-0.4, -0.2) is 13.1 Å². The molecule has 0 aliphatic heterocycles. The average molecular weight is 275 g/mol. The van der Waals surface area contributed by atoms with Crippen molar-refractivity contribution in [3.8, 4) is 0 Å². The molecule has 1 N–H and O–H groups in total. The molecule has 20 heavy (non-hydrogen) atoms. The maximum atomic E-state index is 3.58. The van der Waals surface area contributed by atoms with Gasteiger partial charge in [0.25, 0.3) is 0 Å². The van der Waals surface area contributed by atoms with E-state index in [0.29, 0.717) is 5.41 Å². The van der Waals surface area contributed by atoms with Gasteiger partial charge in [-0.05, 0) is 47.8 Å². The Morgan fingerprint density at radius 2 is 1.55 bits per heavy atom. The van der Waals surface area contributed by atoms with Crippen LogP contribution in [0.4, 0.5) is 0 Å². The lowest BCUT2D eigenvalue weighted by atomic mass is 9.80. The van der Waals surface area contributed by atoms with E-state index in [9.17, 15) is 0 Å². The molecule has 1 aromatic carbocycles. The number of hydrogen-bond acceptors (Lipinski definition) is 1. The van der Waals surface area contributed by atoms with Gasteiger partial charge < -0.3 is 5.32 Å². The smallest absolute Gasteiger partial charge is 0.000824 e. The summed E-state index contributed by atoms with van der Waals surface area (Å²) in [4.78, 5) is 0. The first kappa shape index (κ1) is 17.2. The Bertz CT molecular complexity index is 385. The SMILES string of the molecule is CCCNCC(C)(CC)Cc1ccc(C(C)(C)C)cc1. The van der Waals surface area contributed by atoms with E-state index in [-0.39, 0.29) is 5.41 Å². The quantitative estimate of drug-likeness (QED) is 0.695. The van der Waals surface area contributed by atoms with Gasteiger partial charge in [-0.15, -0.1) is 0 Å². The molecule has 0 spiro atoms. The lowest BCUT2D eigenvalue weighted by Crippen LogP contribution is -2.33. The summed E-state index contributed by atoms with van der Waals surface area (Å²) in [6.45, 7) is 16.0. The topological polar surface area (TPSA) is 12.0 Å². The predicted octanol–water partition coefficient (Wildman–Crippen LogP) is 4.94. The van der Waals surface area contributed by atoms with Crippen molar-refractivity contribution in [1.29, 1.82) is 0 Å². The van der Waals surface area contributed by atoms with Crippen molar-refractivity contribution in [3.05, 3.63) is 35.4 Å². The highest BCUT2D eigenvalue weighted by molar-refractivity contribution is 5.28. The van der Waals surface area contributed by atoms with Crippen molar-refractivity contribution >= 4 is 0 Å². The lowest BCUT2D eigenvalue weighted by Gasteiger charge is -2.29. The summed E-state index contributed by atoms with van der Waals surface area (Å²) < 4.78 is 0. The van der Waals surface area contributed by atoms with Crippen LogP contribution in [0.5, 0.6) is 0 Å². The maximum absolute atomic E-state index is 3.58. The number of rotatable bonds is 7. The molecule has 0 bridgehead atoms. The molecule has 0 aliphatic carbocycles. The highest BCUT2D eigenvalue weighted by Gasteiger charge is 2.22. The van der Waals surface area contributed by atoms with E-state index in [1.54, 1.807) is 0 Å². The van der Waals surface area contributed by atoms with Gasteiger partial charge in [-0.1, -0.05) is 65.8 Å². The Labute approximate surface area is 126 Å². The molecule has 1 heteroatoms. The maximum Gasteiger partial charge on any atom is 0.000824 e. The number of hydrogen-bond donors (Lipinski definition) is 1. The van der Waals surface area contributed by atoms with Crippen LogP contribution < -0.4 is 5.32 Å². The lowest BCUT2D eigenvalue weighted by molar-refractivity contribution is 0.291. The van der Waals surface area contributed by atoms with E-state index in [2.05, 4.69) is 71.1 Å². The molecule has 0 saturated carbocycles. The Kier molecular flexibility index (Phi) is 6.26. The molecule has 0 saturated heterocycles. The molecule has 1 atom stereocenters. The highest BCUT2D eigenvalue weighted by Crippen LogP contribution is 2.28. The molecule has 1 rings (SSSR count). The fourth-order valence-electron chi connectivity index (χ4n) is 2.49. The predicted molar refractivity (Wildman–Crippen MR) is 90.4 cm³/mol. The summed E-state index contributed by atoms with van der Waals surface area (Å²) in [5.74, 6) is 0. The second-order valence-corrected chi connectivity index (χ2v) is 7.46. The molecule has 0 aromatic heterocycles. The van der Waals surface area contributed by atoms with Crippen LogP contribution in [0, 0.1) is 5.41 Å². The molecule has 0 heterocycles. The van der Waals surface area contributed by atoms with Crippen LogP contribution in [0.25, 0.3) is 0 Å². The van der Waals surface area contributed by atoms with E-state index in [1.807, 2.05) is 0 Å². The Morgan fingerprint density at radius 1 is 0.950 bits per heavy atom. The average Bonchev–Trinajstić information content (AvgIpc) is 2.38. The van der Waals surface area contributed by atoms with Crippen molar-refractivity contribution in [3.63, 3.8) is 0 Å². The Balaban J connectivity index is 2.70. The zero-order valence-corrected chi connectivity index (χ0v) is 14.3. The van der Waals surface area contributed by atoms with Gasteiger partial charge in [-0.3, -0.25) is 0 Å². The molecule has 0 amide bonds. The summed E-state index contributed by atoms with van der Waals surface area (Å²) in [6.07, 6.45) is 3.58. The third kappa shape index (κ3) is 5.28. The molecule has 0 radical (unpaired) electrons. The standard InChI is InChI=1S/C19H33N/c1-7-13-20-15-19(6,8-2)14-16-9-11-17(12-10-16)18(3,4)5/h9-12,20H,7-8,13-15H2,1-6H3. The summed E-state index contributed by atoms with van der Waals surface area (Å²) in [5, 5.41) is 3.58. The minimum atomic E-state index is 0.245. The van der Waals surface area contributed by atoms with Crippen molar-refractivity contribution in [2.75, 3.05) is 13.1 Å². The van der Waals surface area contributed by atoms with Crippen LogP contribution >= 0.6 is 0 Å². The summed E-state index contributed by atoms with van der Waals surface area (Å²) >= 11 is 0. The van der Waals surface area contributed by atoms with Crippen LogP contribution in [0.3, 0.4) is 0 Å².